The largest absolute Gasteiger partial charge is 0.309 e. The van der Waals surface area contributed by atoms with Gasteiger partial charge in [-0.05, 0) is 88.3 Å². The first-order valence-electron chi connectivity index (χ1n) is 20.7. The summed E-state index contributed by atoms with van der Waals surface area (Å²) in [4.78, 5) is 15.7. The Morgan fingerprint density at radius 1 is 0.467 bits per heavy atom. The Balaban J connectivity index is 1.13. The fourth-order valence-corrected chi connectivity index (χ4v) is 9.67. The van der Waals surface area contributed by atoms with E-state index in [0.717, 1.165) is 50.8 Å². The number of aromatic nitrogens is 5. The van der Waals surface area contributed by atoms with Crippen LogP contribution in [0.2, 0.25) is 0 Å². The summed E-state index contributed by atoms with van der Waals surface area (Å²) in [6.45, 7) is 4.68. The Labute approximate surface area is 348 Å². The van der Waals surface area contributed by atoms with E-state index in [1.54, 1.807) is 0 Å². The molecule has 0 unspecified atom stereocenters. The molecule has 60 heavy (non-hydrogen) atoms. The van der Waals surface area contributed by atoms with E-state index in [-0.39, 0.29) is 5.41 Å². The number of rotatable bonds is 5. The summed E-state index contributed by atoms with van der Waals surface area (Å²) in [6, 6.07) is 57.1. The second-order valence-electron chi connectivity index (χ2n) is 16.4. The summed E-state index contributed by atoms with van der Waals surface area (Å²) in [6.07, 6.45) is 11.4. The highest BCUT2D eigenvalue weighted by atomic mass is 15.2. The van der Waals surface area contributed by atoms with Gasteiger partial charge in [0.05, 0.1) is 22.1 Å². The normalized spacial score (nSPS) is 14.2. The molecule has 0 bridgehead atoms. The van der Waals surface area contributed by atoms with Crippen LogP contribution in [-0.2, 0) is 5.41 Å². The molecule has 0 N–H and O–H groups in total. The Bertz CT molecular complexity index is 3470. The molecule has 0 fully saturated rings. The van der Waals surface area contributed by atoms with E-state index in [0.29, 0.717) is 17.6 Å². The monoisotopic (exact) mass is 769 g/mol. The van der Waals surface area contributed by atoms with Gasteiger partial charge in [-0.1, -0.05) is 153 Å². The zero-order chi connectivity index (χ0) is 40.0. The van der Waals surface area contributed by atoms with E-state index in [1.807, 2.05) is 18.2 Å². The maximum absolute atomic E-state index is 5.30. The Hall–Kier alpha value is -7.63. The molecule has 0 aliphatic heterocycles. The van der Waals surface area contributed by atoms with E-state index in [1.165, 1.54) is 49.4 Å². The molecule has 5 heteroatoms. The SMILES string of the molecule is CC1(C)c2ccccc2-c2cc3c4cc(-c5ccc6c7ccccc7n(-c7ccccc7)c6c5)ccc4n(-c4nc(C5=CCC=CC=C5)nc(-c5ccccc5)n4)c3cc21. The third kappa shape index (κ3) is 5.22. The number of benzene rings is 7. The summed E-state index contributed by atoms with van der Waals surface area (Å²) >= 11 is 0. The molecule has 7 aromatic carbocycles. The number of fused-ring (bicyclic) bond motifs is 9. The van der Waals surface area contributed by atoms with Crippen LogP contribution in [0, 0.1) is 0 Å². The van der Waals surface area contributed by atoms with Crippen molar-refractivity contribution >= 4 is 49.2 Å². The molecule has 0 saturated heterocycles. The van der Waals surface area contributed by atoms with Crippen LogP contribution in [-0.4, -0.2) is 24.1 Å². The number of hydrogen-bond acceptors (Lipinski definition) is 3. The van der Waals surface area contributed by atoms with Crippen LogP contribution in [0.4, 0.5) is 0 Å². The zero-order valence-corrected chi connectivity index (χ0v) is 33.3. The predicted octanol–water partition coefficient (Wildman–Crippen LogP) is 13.6. The van der Waals surface area contributed by atoms with Crippen molar-refractivity contribution in [2.75, 3.05) is 0 Å². The molecule has 284 valence electrons. The fourth-order valence-electron chi connectivity index (χ4n) is 9.67. The van der Waals surface area contributed by atoms with Gasteiger partial charge in [0.2, 0.25) is 5.95 Å². The first-order chi connectivity index (χ1) is 29.5. The molecule has 3 aromatic heterocycles. The average Bonchev–Trinajstić information content (AvgIpc) is 3.75. The number of allylic oxidation sites excluding steroid dienone is 6. The van der Waals surface area contributed by atoms with Gasteiger partial charge < -0.3 is 4.57 Å². The lowest BCUT2D eigenvalue weighted by Crippen LogP contribution is -2.15. The van der Waals surface area contributed by atoms with Crippen LogP contribution >= 0.6 is 0 Å². The van der Waals surface area contributed by atoms with Gasteiger partial charge in [0, 0.05) is 43.8 Å². The molecular weight excluding hydrogens is 731 g/mol. The quantitative estimate of drug-likeness (QED) is 0.175. The number of hydrogen-bond donors (Lipinski definition) is 0. The molecule has 5 nitrogen and oxygen atoms in total. The smallest absolute Gasteiger partial charge is 0.238 e. The topological polar surface area (TPSA) is 48.5 Å². The van der Waals surface area contributed by atoms with Gasteiger partial charge in [0.25, 0.3) is 0 Å². The fraction of sp³-hybridized carbons (Fsp3) is 0.0727. The summed E-state index contributed by atoms with van der Waals surface area (Å²) < 4.78 is 4.65. The molecule has 0 amide bonds. The van der Waals surface area contributed by atoms with Gasteiger partial charge in [0.15, 0.2) is 11.6 Å². The predicted molar refractivity (Wildman–Crippen MR) is 248 cm³/mol. The van der Waals surface area contributed by atoms with E-state index in [9.17, 15) is 0 Å². The van der Waals surface area contributed by atoms with Gasteiger partial charge in [0.1, 0.15) is 0 Å². The highest BCUT2D eigenvalue weighted by molar-refractivity contribution is 6.13. The minimum atomic E-state index is -0.179. The minimum Gasteiger partial charge on any atom is -0.309 e. The average molecular weight is 770 g/mol. The lowest BCUT2D eigenvalue weighted by Gasteiger charge is -2.21. The summed E-state index contributed by atoms with van der Waals surface area (Å²) in [5, 5.41) is 4.80. The second-order valence-corrected chi connectivity index (χ2v) is 16.4. The van der Waals surface area contributed by atoms with Crippen molar-refractivity contribution in [2.45, 2.75) is 25.7 Å². The van der Waals surface area contributed by atoms with Crippen molar-refractivity contribution in [1.29, 1.82) is 0 Å². The zero-order valence-electron chi connectivity index (χ0n) is 33.3. The van der Waals surface area contributed by atoms with Gasteiger partial charge in [-0.15, -0.1) is 0 Å². The van der Waals surface area contributed by atoms with E-state index in [2.05, 4.69) is 193 Å². The minimum absolute atomic E-state index is 0.179. The molecule has 3 heterocycles. The number of para-hydroxylation sites is 2. The van der Waals surface area contributed by atoms with Gasteiger partial charge in [-0.2, -0.15) is 9.97 Å². The molecule has 12 rings (SSSR count). The Kier molecular flexibility index (Phi) is 7.57. The third-order valence-electron chi connectivity index (χ3n) is 12.6. The first-order valence-corrected chi connectivity index (χ1v) is 20.7. The van der Waals surface area contributed by atoms with Crippen molar-refractivity contribution < 1.29 is 0 Å². The number of nitrogens with zero attached hydrogens (tertiary/aromatic N) is 5. The van der Waals surface area contributed by atoms with Crippen LogP contribution in [0.15, 0.2) is 188 Å². The van der Waals surface area contributed by atoms with Crippen molar-refractivity contribution in [3.8, 4) is 45.3 Å². The van der Waals surface area contributed by atoms with E-state index < -0.39 is 0 Å². The maximum Gasteiger partial charge on any atom is 0.238 e. The van der Waals surface area contributed by atoms with Crippen LogP contribution < -0.4 is 0 Å². The molecule has 0 spiro atoms. The maximum atomic E-state index is 5.30. The standard InChI is InChI=1S/C55H39N5/c1-55(2)46-25-15-13-23-40(46)43-33-45-44-31-37(38-27-29-42-41-24-14-16-26-48(41)59(50(42)32-38)39-21-11-6-12-22-39)28-30-49(44)60(51(45)34-47(43)55)54-57-52(35-17-7-3-4-8-18-35)56-53(58-54)36-19-9-5-10-20-36/h3-7,9-34H,8H2,1-2H3. The van der Waals surface area contributed by atoms with Crippen molar-refractivity contribution in [1.82, 2.24) is 24.1 Å². The molecule has 2 aliphatic carbocycles. The van der Waals surface area contributed by atoms with Gasteiger partial charge in [-0.25, -0.2) is 4.98 Å². The second kappa shape index (κ2) is 13.2. The summed E-state index contributed by atoms with van der Waals surface area (Å²) in [5.74, 6) is 1.89. The molecule has 10 aromatic rings. The van der Waals surface area contributed by atoms with Gasteiger partial charge in [-0.3, -0.25) is 4.57 Å². The molecular formula is C55H39N5. The van der Waals surface area contributed by atoms with Crippen LogP contribution in [0.1, 0.15) is 37.2 Å². The van der Waals surface area contributed by atoms with Gasteiger partial charge >= 0.3 is 0 Å². The van der Waals surface area contributed by atoms with E-state index in [4.69, 9.17) is 15.0 Å². The van der Waals surface area contributed by atoms with Crippen LogP contribution in [0.3, 0.4) is 0 Å². The van der Waals surface area contributed by atoms with E-state index >= 15 is 0 Å². The lowest BCUT2D eigenvalue weighted by atomic mass is 9.82. The molecule has 0 atom stereocenters. The third-order valence-corrected chi connectivity index (χ3v) is 12.6. The highest BCUT2D eigenvalue weighted by Crippen LogP contribution is 2.51. The molecule has 2 aliphatic rings. The first kappa shape index (κ1) is 34.4. The van der Waals surface area contributed by atoms with Crippen molar-refractivity contribution in [3.63, 3.8) is 0 Å². The Morgan fingerprint density at radius 2 is 1.15 bits per heavy atom. The van der Waals surface area contributed by atoms with Crippen LogP contribution in [0.25, 0.3) is 94.5 Å². The molecule has 0 saturated carbocycles. The summed E-state index contributed by atoms with van der Waals surface area (Å²) in [5.41, 5.74) is 14.9. The van der Waals surface area contributed by atoms with Crippen molar-refractivity contribution in [2.24, 2.45) is 0 Å². The highest BCUT2D eigenvalue weighted by Gasteiger charge is 2.36. The Morgan fingerprint density at radius 3 is 2.03 bits per heavy atom. The lowest BCUT2D eigenvalue weighted by molar-refractivity contribution is 0.661. The molecule has 0 radical (unpaired) electrons. The van der Waals surface area contributed by atoms with Crippen LogP contribution in [0.5, 0.6) is 0 Å². The van der Waals surface area contributed by atoms with Crippen molar-refractivity contribution in [3.05, 3.63) is 205 Å². The summed E-state index contributed by atoms with van der Waals surface area (Å²) in [7, 11) is 0.